The maximum absolute atomic E-state index is 13.1. The summed E-state index contributed by atoms with van der Waals surface area (Å²) in [4.78, 5) is 2.50. The number of hydrogen-bond acceptors (Lipinski definition) is 2. The molecule has 1 heterocycles. The summed E-state index contributed by atoms with van der Waals surface area (Å²) in [5.41, 5.74) is 1.70. The van der Waals surface area contributed by atoms with Crippen molar-refractivity contribution in [2.75, 3.05) is 32.8 Å². The summed E-state index contributed by atoms with van der Waals surface area (Å²) in [7, 11) is 0. The van der Waals surface area contributed by atoms with Crippen molar-refractivity contribution in [2.45, 2.75) is 26.2 Å². The Kier molecular flexibility index (Phi) is 6.22. The number of rotatable bonds is 7. The van der Waals surface area contributed by atoms with Crippen molar-refractivity contribution in [1.82, 2.24) is 4.90 Å². The van der Waals surface area contributed by atoms with Crippen LogP contribution in [0.4, 0.5) is 4.39 Å². The van der Waals surface area contributed by atoms with Crippen molar-refractivity contribution < 1.29 is 9.13 Å². The minimum absolute atomic E-state index is 0.152. The van der Waals surface area contributed by atoms with E-state index in [-0.39, 0.29) is 5.82 Å². The molecule has 1 fully saturated rings. The molecular formula is C17H24FNO. The average Bonchev–Trinajstić information content (AvgIpc) is 2.95. The van der Waals surface area contributed by atoms with Crippen molar-refractivity contribution in [3.63, 3.8) is 0 Å². The third-order valence-electron chi connectivity index (χ3n) is 3.67. The van der Waals surface area contributed by atoms with E-state index in [0.717, 1.165) is 25.1 Å². The molecule has 0 aliphatic carbocycles. The highest BCUT2D eigenvalue weighted by atomic mass is 19.1. The molecule has 0 aromatic heterocycles. The van der Waals surface area contributed by atoms with Crippen molar-refractivity contribution in [3.05, 3.63) is 41.2 Å². The van der Waals surface area contributed by atoms with Gasteiger partial charge in [-0.05, 0) is 62.5 Å². The van der Waals surface area contributed by atoms with E-state index in [9.17, 15) is 4.39 Å². The van der Waals surface area contributed by atoms with Gasteiger partial charge in [-0.2, -0.15) is 0 Å². The van der Waals surface area contributed by atoms with E-state index >= 15 is 0 Å². The molecule has 20 heavy (non-hydrogen) atoms. The normalized spacial score (nSPS) is 16.3. The zero-order valence-electron chi connectivity index (χ0n) is 12.3. The van der Waals surface area contributed by atoms with Crippen molar-refractivity contribution in [2.24, 2.45) is 0 Å². The molecule has 0 spiro atoms. The smallest absolute Gasteiger partial charge is 0.126 e. The second-order valence-electron chi connectivity index (χ2n) is 5.39. The quantitative estimate of drug-likeness (QED) is 0.705. The van der Waals surface area contributed by atoms with Crippen molar-refractivity contribution >= 4 is 6.08 Å². The fourth-order valence-corrected chi connectivity index (χ4v) is 2.50. The van der Waals surface area contributed by atoms with Gasteiger partial charge >= 0.3 is 0 Å². The van der Waals surface area contributed by atoms with Gasteiger partial charge in [0.05, 0.1) is 6.61 Å². The molecular weight excluding hydrogens is 253 g/mol. The van der Waals surface area contributed by atoms with Gasteiger partial charge in [0.1, 0.15) is 5.82 Å². The predicted octanol–water partition coefficient (Wildman–Crippen LogP) is 3.65. The Morgan fingerprint density at radius 1 is 1.30 bits per heavy atom. The highest BCUT2D eigenvalue weighted by Crippen LogP contribution is 2.10. The Morgan fingerprint density at radius 2 is 2.10 bits per heavy atom. The van der Waals surface area contributed by atoms with E-state index in [4.69, 9.17) is 4.74 Å². The van der Waals surface area contributed by atoms with Crippen LogP contribution in [0.5, 0.6) is 0 Å². The molecule has 2 nitrogen and oxygen atoms in total. The Balaban J connectivity index is 1.57. The molecule has 3 heteroatoms. The summed E-state index contributed by atoms with van der Waals surface area (Å²) in [6.07, 6.45) is 7.76. The summed E-state index contributed by atoms with van der Waals surface area (Å²) in [5, 5.41) is 0. The number of benzene rings is 1. The van der Waals surface area contributed by atoms with Crippen LogP contribution >= 0.6 is 0 Å². The van der Waals surface area contributed by atoms with Crippen LogP contribution in [0, 0.1) is 12.7 Å². The van der Waals surface area contributed by atoms with Crippen LogP contribution in [-0.4, -0.2) is 37.7 Å². The Bertz CT molecular complexity index is 439. The van der Waals surface area contributed by atoms with Gasteiger partial charge in [-0.25, -0.2) is 4.39 Å². The van der Waals surface area contributed by atoms with Crippen LogP contribution in [-0.2, 0) is 4.74 Å². The predicted molar refractivity (Wildman–Crippen MR) is 81.3 cm³/mol. The van der Waals surface area contributed by atoms with Crippen LogP contribution in [0.15, 0.2) is 24.3 Å². The largest absolute Gasteiger partial charge is 0.377 e. The first-order valence-electron chi connectivity index (χ1n) is 7.48. The number of aryl methyl sites for hydroxylation is 1. The van der Waals surface area contributed by atoms with Crippen molar-refractivity contribution in [3.8, 4) is 0 Å². The minimum Gasteiger partial charge on any atom is -0.377 e. The standard InChI is InChI=1S/C17H24FNO/c1-15-14-16(7-8-17(15)18)6-4-12-20-13-5-11-19-9-2-3-10-19/h4,6-8,14H,2-3,5,9-13H2,1H3/b6-4+. The van der Waals surface area contributed by atoms with E-state index in [0.29, 0.717) is 12.2 Å². The lowest BCUT2D eigenvalue weighted by Crippen LogP contribution is -2.21. The second-order valence-corrected chi connectivity index (χ2v) is 5.39. The molecule has 0 amide bonds. The third-order valence-corrected chi connectivity index (χ3v) is 3.67. The van der Waals surface area contributed by atoms with Gasteiger partial charge in [0.15, 0.2) is 0 Å². The van der Waals surface area contributed by atoms with Gasteiger partial charge in [0, 0.05) is 13.2 Å². The van der Waals surface area contributed by atoms with Crippen LogP contribution in [0.3, 0.4) is 0 Å². The molecule has 1 aliphatic heterocycles. The second kappa shape index (κ2) is 8.18. The van der Waals surface area contributed by atoms with Gasteiger partial charge < -0.3 is 9.64 Å². The van der Waals surface area contributed by atoms with E-state index < -0.39 is 0 Å². The molecule has 0 bridgehead atoms. The van der Waals surface area contributed by atoms with Gasteiger partial charge in [-0.1, -0.05) is 18.2 Å². The Labute approximate surface area is 121 Å². The summed E-state index contributed by atoms with van der Waals surface area (Å²) in [5.74, 6) is -0.152. The SMILES string of the molecule is Cc1cc(/C=C/COCCCN2CCCC2)ccc1F. The number of likely N-dealkylation sites (tertiary alicyclic amines) is 1. The maximum Gasteiger partial charge on any atom is 0.126 e. The van der Waals surface area contributed by atoms with Gasteiger partial charge in [-0.3, -0.25) is 0 Å². The first-order chi connectivity index (χ1) is 9.75. The molecule has 0 N–H and O–H groups in total. The number of nitrogens with zero attached hydrogens (tertiary/aromatic N) is 1. The molecule has 1 aromatic carbocycles. The molecule has 0 atom stereocenters. The van der Waals surface area contributed by atoms with Crippen molar-refractivity contribution in [1.29, 1.82) is 0 Å². The minimum atomic E-state index is -0.152. The molecule has 110 valence electrons. The molecule has 0 unspecified atom stereocenters. The van der Waals surface area contributed by atoms with Crippen LogP contribution in [0.25, 0.3) is 6.08 Å². The van der Waals surface area contributed by atoms with Gasteiger partial charge in [0.2, 0.25) is 0 Å². The summed E-state index contributed by atoms with van der Waals surface area (Å²) in [6, 6.07) is 5.14. The highest BCUT2D eigenvalue weighted by Gasteiger charge is 2.09. The lowest BCUT2D eigenvalue weighted by molar-refractivity contribution is 0.149. The monoisotopic (exact) mass is 277 g/mol. The zero-order chi connectivity index (χ0) is 14.2. The summed E-state index contributed by atoms with van der Waals surface area (Å²) >= 11 is 0. The van der Waals surface area contributed by atoms with Gasteiger partial charge in [-0.15, -0.1) is 0 Å². The zero-order valence-corrected chi connectivity index (χ0v) is 12.3. The summed E-state index contributed by atoms with van der Waals surface area (Å²) in [6.45, 7) is 6.87. The Hall–Kier alpha value is -1.19. The average molecular weight is 277 g/mol. The molecule has 1 saturated heterocycles. The van der Waals surface area contributed by atoms with Crippen LogP contribution in [0.2, 0.25) is 0 Å². The topological polar surface area (TPSA) is 12.5 Å². The van der Waals surface area contributed by atoms with Crippen LogP contribution in [0.1, 0.15) is 30.4 Å². The Morgan fingerprint density at radius 3 is 2.85 bits per heavy atom. The fourth-order valence-electron chi connectivity index (χ4n) is 2.50. The van der Waals surface area contributed by atoms with E-state index in [1.165, 1.54) is 32.0 Å². The first-order valence-corrected chi connectivity index (χ1v) is 7.48. The molecule has 0 saturated carbocycles. The maximum atomic E-state index is 13.1. The lowest BCUT2D eigenvalue weighted by Gasteiger charge is -2.13. The molecule has 2 rings (SSSR count). The number of hydrogen-bond donors (Lipinski definition) is 0. The lowest BCUT2D eigenvalue weighted by atomic mass is 10.1. The number of ether oxygens (including phenoxy) is 1. The first kappa shape index (κ1) is 15.2. The molecule has 1 aromatic rings. The third kappa shape index (κ3) is 5.06. The fraction of sp³-hybridized carbons (Fsp3) is 0.529. The number of halogens is 1. The van der Waals surface area contributed by atoms with Crippen LogP contribution < -0.4 is 0 Å². The summed E-state index contributed by atoms with van der Waals surface area (Å²) < 4.78 is 18.7. The molecule has 1 aliphatic rings. The van der Waals surface area contributed by atoms with E-state index in [1.54, 1.807) is 13.0 Å². The van der Waals surface area contributed by atoms with Gasteiger partial charge in [0.25, 0.3) is 0 Å². The highest BCUT2D eigenvalue weighted by molar-refractivity contribution is 5.50. The van der Waals surface area contributed by atoms with E-state index in [2.05, 4.69) is 4.90 Å². The van der Waals surface area contributed by atoms with E-state index in [1.807, 2.05) is 18.2 Å². The molecule has 0 radical (unpaired) electrons.